The second-order valence-corrected chi connectivity index (χ2v) is 4.01. The van der Waals surface area contributed by atoms with Gasteiger partial charge in [0.05, 0.1) is 10.9 Å². The first-order valence-corrected chi connectivity index (χ1v) is 5.20. The van der Waals surface area contributed by atoms with Crippen LogP contribution in [-0.4, -0.2) is 23.0 Å². The van der Waals surface area contributed by atoms with Crippen LogP contribution in [0.5, 0.6) is 5.75 Å². The van der Waals surface area contributed by atoms with E-state index >= 15 is 0 Å². The number of phenolic OH excluding ortho intramolecular Hbond substituents is 1. The molecular weight excluding hydrogens is 224 g/mol. The lowest BCUT2D eigenvalue weighted by molar-refractivity contribution is -0.119. The topological polar surface area (TPSA) is 66.6 Å². The summed E-state index contributed by atoms with van der Waals surface area (Å²) < 4.78 is 0. The highest BCUT2D eigenvalue weighted by Crippen LogP contribution is 2.18. The van der Waals surface area contributed by atoms with E-state index in [0.717, 1.165) is 0 Å². The highest BCUT2D eigenvalue weighted by Gasteiger charge is 2.20. The van der Waals surface area contributed by atoms with Crippen LogP contribution in [0.4, 0.5) is 5.69 Å². The predicted octanol–water partition coefficient (Wildman–Crippen LogP) is 1.28. The van der Waals surface area contributed by atoms with Crippen molar-refractivity contribution in [1.82, 2.24) is 0 Å². The molecule has 5 heteroatoms. The van der Waals surface area contributed by atoms with Gasteiger partial charge in [-0.15, -0.1) is 0 Å². The number of aromatic hydroxyl groups is 1. The van der Waals surface area contributed by atoms with Crippen molar-refractivity contribution in [2.45, 2.75) is 6.92 Å². The Hall–Kier alpha value is -1.62. The summed E-state index contributed by atoms with van der Waals surface area (Å²) in [5.41, 5.74) is 6.11. The van der Waals surface area contributed by atoms with Crippen LogP contribution in [0, 0.1) is 5.92 Å². The lowest BCUT2D eigenvalue weighted by Crippen LogP contribution is -2.37. The number of phenols is 1. The number of amides is 1. The monoisotopic (exact) mass is 238 g/mol. The van der Waals surface area contributed by atoms with Crippen molar-refractivity contribution in [3.05, 3.63) is 24.3 Å². The van der Waals surface area contributed by atoms with E-state index in [9.17, 15) is 4.79 Å². The molecule has 1 amide bonds. The molecule has 0 aliphatic rings. The Kier molecular flexibility index (Phi) is 3.84. The summed E-state index contributed by atoms with van der Waals surface area (Å²) in [6.45, 7) is 1.67. The number of nitrogens with zero attached hydrogens (tertiary/aromatic N) is 1. The molecule has 0 aliphatic carbocycles. The van der Waals surface area contributed by atoms with Crippen molar-refractivity contribution < 1.29 is 9.90 Å². The maximum Gasteiger partial charge on any atom is 0.236 e. The highest BCUT2D eigenvalue weighted by molar-refractivity contribution is 7.80. The van der Waals surface area contributed by atoms with Gasteiger partial charge in [0.15, 0.2) is 0 Å². The number of carbonyl (C=O) groups excluding carboxylic acids is 1. The molecule has 1 aromatic carbocycles. The van der Waals surface area contributed by atoms with E-state index in [1.54, 1.807) is 26.1 Å². The summed E-state index contributed by atoms with van der Waals surface area (Å²) in [5, 5.41) is 9.13. The van der Waals surface area contributed by atoms with E-state index < -0.39 is 5.92 Å². The van der Waals surface area contributed by atoms with Gasteiger partial charge in [-0.2, -0.15) is 0 Å². The fraction of sp³-hybridized carbons (Fsp3) is 0.273. The van der Waals surface area contributed by atoms with Crippen LogP contribution in [0.1, 0.15) is 6.92 Å². The molecule has 0 fully saturated rings. The van der Waals surface area contributed by atoms with E-state index in [1.807, 2.05) is 0 Å². The first kappa shape index (κ1) is 12.4. The van der Waals surface area contributed by atoms with Crippen molar-refractivity contribution in [3.8, 4) is 5.75 Å². The largest absolute Gasteiger partial charge is 0.508 e. The molecule has 1 aromatic rings. The quantitative estimate of drug-likeness (QED) is 0.778. The third-order valence-corrected chi connectivity index (χ3v) is 2.72. The molecular formula is C11H14N2O2S. The molecule has 1 atom stereocenters. The van der Waals surface area contributed by atoms with Gasteiger partial charge in [-0.05, 0) is 31.2 Å². The van der Waals surface area contributed by atoms with Crippen LogP contribution in [0.25, 0.3) is 0 Å². The van der Waals surface area contributed by atoms with E-state index in [0.29, 0.717) is 5.69 Å². The lowest BCUT2D eigenvalue weighted by Gasteiger charge is -2.20. The minimum absolute atomic E-state index is 0.159. The smallest absolute Gasteiger partial charge is 0.236 e. The van der Waals surface area contributed by atoms with Gasteiger partial charge in [-0.1, -0.05) is 12.2 Å². The van der Waals surface area contributed by atoms with E-state index in [-0.39, 0.29) is 16.6 Å². The Labute approximate surface area is 99.7 Å². The van der Waals surface area contributed by atoms with Crippen LogP contribution in [0.2, 0.25) is 0 Å². The number of hydrogen-bond acceptors (Lipinski definition) is 3. The van der Waals surface area contributed by atoms with Gasteiger partial charge in [0, 0.05) is 12.7 Å². The predicted molar refractivity (Wildman–Crippen MR) is 67.5 cm³/mol. The fourth-order valence-electron chi connectivity index (χ4n) is 1.22. The van der Waals surface area contributed by atoms with Crippen LogP contribution >= 0.6 is 12.2 Å². The maximum atomic E-state index is 11.9. The van der Waals surface area contributed by atoms with Gasteiger partial charge >= 0.3 is 0 Å². The zero-order chi connectivity index (χ0) is 12.3. The molecule has 16 heavy (non-hydrogen) atoms. The summed E-state index contributed by atoms with van der Waals surface area (Å²) in [7, 11) is 1.64. The Morgan fingerprint density at radius 3 is 2.38 bits per heavy atom. The van der Waals surface area contributed by atoms with E-state index in [1.165, 1.54) is 17.0 Å². The molecule has 4 nitrogen and oxygen atoms in total. The Morgan fingerprint density at radius 1 is 1.44 bits per heavy atom. The molecule has 0 bridgehead atoms. The summed E-state index contributed by atoms with van der Waals surface area (Å²) in [5.74, 6) is -0.501. The molecule has 3 N–H and O–H groups in total. The second-order valence-electron chi connectivity index (χ2n) is 3.54. The normalized spacial score (nSPS) is 11.9. The summed E-state index contributed by atoms with van der Waals surface area (Å²) in [4.78, 5) is 13.5. The summed E-state index contributed by atoms with van der Waals surface area (Å²) >= 11 is 4.77. The second kappa shape index (κ2) is 4.94. The molecule has 0 aliphatic heterocycles. The van der Waals surface area contributed by atoms with Crippen molar-refractivity contribution in [1.29, 1.82) is 0 Å². The molecule has 0 aromatic heterocycles. The zero-order valence-electron chi connectivity index (χ0n) is 9.18. The SMILES string of the molecule is CC(C(=O)N(C)c1ccc(O)cc1)C(N)=S. The van der Waals surface area contributed by atoms with Crippen molar-refractivity contribution in [3.63, 3.8) is 0 Å². The fourth-order valence-corrected chi connectivity index (χ4v) is 1.32. The van der Waals surface area contributed by atoms with Gasteiger partial charge in [-0.25, -0.2) is 0 Å². The molecule has 1 rings (SSSR count). The van der Waals surface area contributed by atoms with Crippen molar-refractivity contribution in [2.75, 3.05) is 11.9 Å². The number of anilines is 1. The van der Waals surface area contributed by atoms with Gasteiger partial charge in [0.1, 0.15) is 5.75 Å². The highest BCUT2D eigenvalue weighted by atomic mass is 32.1. The summed E-state index contributed by atoms with van der Waals surface area (Å²) in [6.07, 6.45) is 0. The van der Waals surface area contributed by atoms with E-state index in [2.05, 4.69) is 0 Å². The van der Waals surface area contributed by atoms with Crippen LogP contribution < -0.4 is 10.6 Å². The number of benzene rings is 1. The van der Waals surface area contributed by atoms with Gasteiger partial charge in [-0.3, -0.25) is 4.79 Å². The van der Waals surface area contributed by atoms with Crippen LogP contribution in [0.15, 0.2) is 24.3 Å². The van der Waals surface area contributed by atoms with Crippen molar-refractivity contribution >= 4 is 28.8 Å². The Morgan fingerprint density at radius 2 is 1.94 bits per heavy atom. The zero-order valence-corrected chi connectivity index (χ0v) is 9.99. The minimum atomic E-state index is -0.492. The molecule has 0 radical (unpaired) electrons. The Bertz CT molecular complexity index is 403. The van der Waals surface area contributed by atoms with Gasteiger partial charge < -0.3 is 15.7 Å². The minimum Gasteiger partial charge on any atom is -0.508 e. The third-order valence-electron chi connectivity index (χ3n) is 2.36. The first-order valence-electron chi connectivity index (χ1n) is 4.79. The number of hydrogen-bond donors (Lipinski definition) is 2. The lowest BCUT2D eigenvalue weighted by atomic mass is 10.1. The first-order chi connectivity index (χ1) is 7.43. The Balaban J connectivity index is 2.85. The van der Waals surface area contributed by atoms with Crippen LogP contribution in [-0.2, 0) is 4.79 Å². The molecule has 1 unspecified atom stereocenters. The van der Waals surface area contributed by atoms with Gasteiger partial charge in [0.25, 0.3) is 0 Å². The maximum absolute atomic E-state index is 11.9. The van der Waals surface area contributed by atoms with Crippen molar-refractivity contribution in [2.24, 2.45) is 11.7 Å². The average Bonchev–Trinajstić information content (AvgIpc) is 2.27. The van der Waals surface area contributed by atoms with Crippen LogP contribution in [0.3, 0.4) is 0 Å². The average molecular weight is 238 g/mol. The molecule has 0 spiro atoms. The number of rotatable bonds is 3. The van der Waals surface area contributed by atoms with Gasteiger partial charge in [0.2, 0.25) is 5.91 Å². The number of carbonyl (C=O) groups is 1. The number of thiocarbonyl (C=S) groups is 1. The summed E-state index contributed by atoms with van der Waals surface area (Å²) in [6, 6.07) is 6.34. The standard InChI is InChI=1S/C11H14N2O2S/c1-7(10(12)16)11(15)13(2)8-3-5-9(14)6-4-8/h3-7,14H,1-2H3,(H2,12,16). The molecule has 0 saturated heterocycles. The van der Waals surface area contributed by atoms with E-state index in [4.69, 9.17) is 23.1 Å². The molecule has 0 saturated carbocycles. The molecule has 0 heterocycles. The third kappa shape index (κ3) is 2.70. The number of nitrogens with two attached hydrogens (primary N) is 1. The molecule has 86 valence electrons.